The Bertz CT molecular complexity index is 385. The number of hydrogen-bond donors (Lipinski definition) is 3. The monoisotopic (exact) mass is 248 g/mol. The summed E-state index contributed by atoms with van der Waals surface area (Å²) < 4.78 is 0. The molecule has 2 rings (SSSR count). The molecule has 4 nitrogen and oxygen atoms in total. The second-order valence-corrected chi connectivity index (χ2v) is 4.73. The number of rotatable bonds is 7. The van der Waals surface area contributed by atoms with Gasteiger partial charge in [-0.15, -0.1) is 0 Å². The standard InChI is InChI=1S/C14H20N2O2/c17-9-1-8-15-14(18)12-4-6-13(7-5-12)16-10-11-2-3-11/h4-7,11,16-17H,1-3,8-10H2,(H,15,18). The predicted octanol–water partition coefficient (Wildman–Crippen LogP) is 1.62. The fraction of sp³-hybridized carbons (Fsp3) is 0.500. The molecule has 0 heterocycles. The van der Waals surface area contributed by atoms with Gasteiger partial charge in [-0.3, -0.25) is 4.79 Å². The molecule has 1 aromatic carbocycles. The first kappa shape index (κ1) is 12.9. The lowest BCUT2D eigenvalue weighted by atomic mass is 10.2. The predicted molar refractivity (Wildman–Crippen MR) is 71.7 cm³/mol. The summed E-state index contributed by atoms with van der Waals surface area (Å²) >= 11 is 0. The molecule has 0 bridgehead atoms. The summed E-state index contributed by atoms with van der Waals surface area (Å²) in [6.45, 7) is 1.64. The molecular weight excluding hydrogens is 228 g/mol. The normalized spacial score (nSPS) is 14.3. The van der Waals surface area contributed by atoms with Crippen LogP contribution in [0.1, 0.15) is 29.6 Å². The summed E-state index contributed by atoms with van der Waals surface area (Å²) in [5.74, 6) is 0.753. The molecule has 98 valence electrons. The number of carbonyl (C=O) groups is 1. The number of aliphatic hydroxyl groups is 1. The van der Waals surface area contributed by atoms with Gasteiger partial charge >= 0.3 is 0 Å². The smallest absolute Gasteiger partial charge is 0.251 e. The third-order valence-corrected chi connectivity index (χ3v) is 3.06. The molecular formula is C14H20N2O2. The summed E-state index contributed by atoms with van der Waals surface area (Å²) in [6.07, 6.45) is 3.25. The number of aliphatic hydroxyl groups excluding tert-OH is 1. The van der Waals surface area contributed by atoms with Crippen LogP contribution >= 0.6 is 0 Å². The van der Waals surface area contributed by atoms with Gasteiger partial charge in [-0.25, -0.2) is 0 Å². The largest absolute Gasteiger partial charge is 0.396 e. The van der Waals surface area contributed by atoms with Crippen molar-refractivity contribution in [3.63, 3.8) is 0 Å². The third kappa shape index (κ3) is 4.04. The summed E-state index contributed by atoms with van der Waals surface area (Å²) in [5.41, 5.74) is 1.72. The van der Waals surface area contributed by atoms with Crippen LogP contribution < -0.4 is 10.6 Å². The first-order valence-electron chi connectivity index (χ1n) is 6.52. The van der Waals surface area contributed by atoms with Gasteiger partial charge in [-0.2, -0.15) is 0 Å². The van der Waals surface area contributed by atoms with E-state index in [2.05, 4.69) is 10.6 Å². The van der Waals surface area contributed by atoms with E-state index in [4.69, 9.17) is 5.11 Å². The number of amides is 1. The zero-order chi connectivity index (χ0) is 12.8. The minimum Gasteiger partial charge on any atom is -0.396 e. The van der Waals surface area contributed by atoms with Gasteiger partial charge in [0.15, 0.2) is 0 Å². The van der Waals surface area contributed by atoms with Crippen LogP contribution in [0, 0.1) is 5.92 Å². The molecule has 4 heteroatoms. The summed E-state index contributed by atoms with van der Waals surface area (Å²) in [6, 6.07) is 7.51. The Morgan fingerprint density at radius 2 is 2.00 bits per heavy atom. The summed E-state index contributed by atoms with van der Waals surface area (Å²) in [5, 5.41) is 14.8. The summed E-state index contributed by atoms with van der Waals surface area (Å²) in [7, 11) is 0. The fourth-order valence-corrected chi connectivity index (χ4v) is 1.71. The van der Waals surface area contributed by atoms with Gasteiger partial charge in [0.05, 0.1) is 0 Å². The van der Waals surface area contributed by atoms with Crippen molar-refractivity contribution in [3.05, 3.63) is 29.8 Å². The molecule has 0 unspecified atom stereocenters. The molecule has 1 aromatic rings. The van der Waals surface area contributed by atoms with E-state index in [9.17, 15) is 4.79 Å². The zero-order valence-electron chi connectivity index (χ0n) is 10.5. The Morgan fingerprint density at radius 1 is 1.28 bits per heavy atom. The lowest BCUT2D eigenvalue weighted by molar-refractivity contribution is 0.0951. The average Bonchev–Trinajstić information content (AvgIpc) is 3.21. The Hall–Kier alpha value is -1.55. The molecule has 0 aromatic heterocycles. The highest BCUT2D eigenvalue weighted by molar-refractivity contribution is 5.94. The molecule has 0 spiro atoms. The van der Waals surface area contributed by atoms with E-state index in [1.165, 1.54) is 12.8 Å². The van der Waals surface area contributed by atoms with Crippen molar-refractivity contribution in [2.24, 2.45) is 5.92 Å². The topological polar surface area (TPSA) is 61.4 Å². The van der Waals surface area contributed by atoms with Crippen molar-refractivity contribution in [1.82, 2.24) is 5.32 Å². The lowest BCUT2D eigenvalue weighted by Crippen LogP contribution is -2.24. The van der Waals surface area contributed by atoms with Crippen molar-refractivity contribution >= 4 is 11.6 Å². The zero-order valence-corrected chi connectivity index (χ0v) is 10.5. The quantitative estimate of drug-likeness (QED) is 0.643. The minimum absolute atomic E-state index is 0.0859. The highest BCUT2D eigenvalue weighted by Crippen LogP contribution is 2.28. The van der Waals surface area contributed by atoms with Crippen molar-refractivity contribution in [2.45, 2.75) is 19.3 Å². The van der Waals surface area contributed by atoms with Crippen molar-refractivity contribution < 1.29 is 9.90 Å². The van der Waals surface area contributed by atoms with Gasteiger partial charge in [0.2, 0.25) is 0 Å². The fourth-order valence-electron chi connectivity index (χ4n) is 1.71. The molecule has 1 fully saturated rings. The maximum Gasteiger partial charge on any atom is 0.251 e. The second-order valence-electron chi connectivity index (χ2n) is 4.73. The number of carbonyl (C=O) groups excluding carboxylic acids is 1. The van der Waals surface area contributed by atoms with Crippen molar-refractivity contribution in [3.8, 4) is 0 Å². The van der Waals surface area contributed by atoms with Crippen LogP contribution in [0.3, 0.4) is 0 Å². The SMILES string of the molecule is O=C(NCCCO)c1ccc(NCC2CC2)cc1. The van der Waals surface area contributed by atoms with Gasteiger partial charge in [0, 0.05) is 30.9 Å². The lowest BCUT2D eigenvalue weighted by Gasteiger charge is -2.07. The number of benzene rings is 1. The molecule has 0 radical (unpaired) electrons. The van der Waals surface area contributed by atoms with E-state index in [0.717, 1.165) is 18.2 Å². The minimum atomic E-state index is -0.0859. The molecule has 1 aliphatic rings. The average molecular weight is 248 g/mol. The Kier molecular flexibility index (Phi) is 4.59. The molecule has 1 aliphatic carbocycles. The van der Waals surface area contributed by atoms with E-state index in [1.54, 1.807) is 0 Å². The third-order valence-electron chi connectivity index (χ3n) is 3.06. The molecule has 0 aliphatic heterocycles. The molecule has 0 atom stereocenters. The molecule has 18 heavy (non-hydrogen) atoms. The van der Waals surface area contributed by atoms with Gasteiger partial charge in [-0.05, 0) is 49.4 Å². The molecule has 1 amide bonds. The maximum absolute atomic E-state index is 11.7. The Labute approximate surface area is 107 Å². The van der Waals surface area contributed by atoms with E-state index in [-0.39, 0.29) is 12.5 Å². The van der Waals surface area contributed by atoms with Gasteiger partial charge < -0.3 is 15.7 Å². The second kappa shape index (κ2) is 6.40. The number of hydrogen-bond acceptors (Lipinski definition) is 3. The van der Waals surface area contributed by atoms with E-state index in [1.807, 2.05) is 24.3 Å². The Morgan fingerprint density at radius 3 is 2.61 bits per heavy atom. The highest BCUT2D eigenvalue weighted by atomic mass is 16.3. The van der Waals surface area contributed by atoms with Crippen LogP contribution in [-0.2, 0) is 0 Å². The van der Waals surface area contributed by atoms with Gasteiger partial charge in [0.25, 0.3) is 5.91 Å². The molecule has 1 saturated carbocycles. The first-order valence-corrected chi connectivity index (χ1v) is 6.52. The van der Waals surface area contributed by atoms with E-state index >= 15 is 0 Å². The van der Waals surface area contributed by atoms with Crippen LogP contribution in [-0.4, -0.2) is 30.7 Å². The van der Waals surface area contributed by atoms with Crippen LogP contribution in [0.4, 0.5) is 5.69 Å². The van der Waals surface area contributed by atoms with Gasteiger partial charge in [-0.1, -0.05) is 0 Å². The molecule has 3 N–H and O–H groups in total. The Balaban J connectivity index is 1.79. The van der Waals surface area contributed by atoms with Crippen LogP contribution in [0.2, 0.25) is 0 Å². The van der Waals surface area contributed by atoms with Gasteiger partial charge in [0.1, 0.15) is 0 Å². The summed E-state index contributed by atoms with van der Waals surface area (Å²) in [4.78, 5) is 11.7. The van der Waals surface area contributed by atoms with Crippen LogP contribution in [0.5, 0.6) is 0 Å². The van der Waals surface area contributed by atoms with Crippen molar-refractivity contribution in [1.29, 1.82) is 0 Å². The maximum atomic E-state index is 11.7. The first-order chi connectivity index (χ1) is 8.79. The van der Waals surface area contributed by atoms with E-state index in [0.29, 0.717) is 18.5 Å². The number of nitrogens with one attached hydrogen (secondary N) is 2. The molecule has 0 saturated heterocycles. The number of anilines is 1. The van der Waals surface area contributed by atoms with Crippen LogP contribution in [0.15, 0.2) is 24.3 Å². The van der Waals surface area contributed by atoms with Crippen molar-refractivity contribution in [2.75, 3.05) is 25.0 Å². The van der Waals surface area contributed by atoms with Crippen LogP contribution in [0.25, 0.3) is 0 Å². The highest BCUT2D eigenvalue weighted by Gasteiger charge is 2.20. The van der Waals surface area contributed by atoms with E-state index < -0.39 is 0 Å².